The standard InChI is InChI=1S/C14H21NO/c1-11-6-12(2)8-13(7-11)15(5)9-14(3,4)10-16/h6-8,10H,9H2,1-5H3. The van der Waals surface area contributed by atoms with Gasteiger partial charge >= 0.3 is 0 Å². The summed E-state index contributed by atoms with van der Waals surface area (Å²) in [4.78, 5) is 13.0. The van der Waals surface area contributed by atoms with Crippen LogP contribution in [-0.4, -0.2) is 19.9 Å². The number of anilines is 1. The number of hydrogen-bond donors (Lipinski definition) is 0. The maximum absolute atomic E-state index is 10.9. The summed E-state index contributed by atoms with van der Waals surface area (Å²) in [5, 5.41) is 0. The number of carbonyl (C=O) groups excluding carboxylic acids is 1. The van der Waals surface area contributed by atoms with Gasteiger partial charge in [-0.15, -0.1) is 0 Å². The van der Waals surface area contributed by atoms with Crippen molar-refractivity contribution in [2.75, 3.05) is 18.5 Å². The Morgan fingerprint density at radius 1 is 1.19 bits per heavy atom. The second kappa shape index (κ2) is 4.69. The van der Waals surface area contributed by atoms with Gasteiger partial charge in [-0.3, -0.25) is 0 Å². The molecule has 0 N–H and O–H groups in total. The van der Waals surface area contributed by atoms with Crippen molar-refractivity contribution in [1.82, 2.24) is 0 Å². The Morgan fingerprint density at radius 2 is 1.69 bits per heavy atom. The van der Waals surface area contributed by atoms with E-state index in [4.69, 9.17) is 0 Å². The van der Waals surface area contributed by atoms with Crippen LogP contribution in [0.5, 0.6) is 0 Å². The van der Waals surface area contributed by atoms with E-state index >= 15 is 0 Å². The molecule has 0 atom stereocenters. The summed E-state index contributed by atoms with van der Waals surface area (Å²) in [5.74, 6) is 0. The molecule has 0 radical (unpaired) electrons. The van der Waals surface area contributed by atoms with E-state index in [0.29, 0.717) is 0 Å². The summed E-state index contributed by atoms with van der Waals surface area (Å²) >= 11 is 0. The zero-order valence-electron chi connectivity index (χ0n) is 10.9. The van der Waals surface area contributed by atoms with Crippen molar-refractivity contribution in [3.63, 3.8) is 0 Å². The van der Waals surface area contributed by atoms with Crippen LogP contribution in [0.2, 0.25) is 0 Å². The molecule has 0 unspecified atom stereocenters. The first-order chi connectivity index (χ1) is 7.34. The molecule has 0 bridgehead atoms. The fraction of sp³-hybridized carbons (Fsp3) is 0.500. The predicted octanol–water partition coefficient (Wildman–Crippen LogP) is 2.96. The van der Waals surface area contributed by atoms with Crippen molar-refractivity contribution < 1.29 is 4.79 Å². The highest BCUT2D eigenvalue weighted by molar-refractivity contribution is 5.60. The van der Waals surface area contributed by atoms with Gasteiger partial charge in [0.25, 0.3) is 0 Å². The molecule has 2 heteroatoms. The minimum absolute atomic E-state index is 0.299. The average molecular weight is 219 g/mol. The third kappa shape index (κ3) is 3.37. The van der Waals surface area contributed by atoms with Crippen LogP contribution >= 0.6 is 0 Å². The van der Waals surface area contributed by atoms with Crippen molar-refractivity contribution >= 4 is 12.0 Å². The third-order valence-electron chi connectivity index (χ3n) is 2.61. The zero-order valence-corrected chi connectivity index (χ0v) is 10.9. The zero-order chi connectivity index (χ0) is 12.3. The van der Waals surface area contributed by atoms with Gasteiger partial charge in [0.15, 0.2) is 0 Å². The summed E-state index contributed by atoms with van der Waals surface area (Å²) in [6, 6.07) is 6.45. The first kappa shape index (κ1) is 12.8. The summed E-state index contributed by atoms with van der Waals surface area (Å²) in [6.45, 7) is 8.84. The van der Waals surface area contributed by atoms with Gasteiger partial charge in [0.05, 0.1) is 0 Å². The molecule has 1 aromatic rings. The monoisotopic (exact) mass is 219 g/mol. The van der Waals surface area contributed by atoms with Gasteiger partial charge in [0.2, 0.25) is 0 Å². The summed E-state index contributed by atoms with van der Waals surface area (Å²) in [5.41, 5.74) is 3.39. The van der Waals surface area contributed by atoms with Crippen molar-refractivity contribution in [1.29, 1.82) is 0 Å². The largest absolute Gasteiger partial charge is 0.374 e. The molecule has 0 aliphatic rings. The van der Waals surface area contributed by atoms with Crippen molar-refractivity contribution in [3.8, 4) is 0 Å². The van der Waals surface area contributed by atoms with Crippen molar-refractivity contribution in [2.24, 2.45) is 5.41 Å². The number of aryl methyl sites for hydroxylation is 2. The van der Waals surface area contributed by atoms with Crippen LogP contribution in [0.15, 0.2) is 18.2 Å². The van der Waals surface area contributed by atoms with E-state index < -0.39 is 0 Å². The lowest BCUT2D eigenvalue weighted by Gasteiger charge is -2.27. The van der Waals surface area contributed by atoms with Crippen LogP contribution < -0.4 is 4.90 Å². The minimum Gasteiger partial charge on any atom is -0.374 e. The van der Waals surface area contributed by atoms with E-state index in [-0.39, 0.29) is 5.41 Å². The lowest BCUT2D eigenvalue weighted by molar-refractivity contribution is -0.114. The Morgan fingerprint density at radius 3 is 2.12 bits per heavy atom. The molecule has 2 nitrogen and oxygen atoms in total. The molecule has 0 aliphatic heterocycles. The van der Waals surface area contributed by atoms with Crippen LogP contribution in [0.3, 0.4) is 0 Å². The molecule has 88 valence electrons. The van der Waals surface area contributed by atoms with E-state index in [1.54, 1.807) is 0 Å². The molecule has 0 spiro atoms. The molecule has 0 aliphatic carbocycles. The number of benzene rings is 1. The summed E-state index contributed by atoms with van der Waals surface area (Å²) in [7, 11) is 2.03. The molecule has 0 saturated heterocycles. The molecular weight excluding hydrogens is 198 g/mol. The fourth-order valence-corrected chi connectivity index (χ4v) is 1.91. The molecule has 16 heavy (non-hydrogen) atoms. The topological polar surface area (TPSA) is 20.3 Å². The number of carbonyl (C=O) groups is 1. The van der Waals surface area contributed by atoms with Crippen molar-refractivity contribution in [3.05, 3.63) is 29.3 Å². The number of hydrogen-bond acceptors (Lipinski definition) is 2. The summed E-state index contributed by atoms with van der Waals surface area (Å²) < 4.78 is 0. The molecule has 0 saturated carbocycles. The second-order valence-electron chi connectivity index (χ2n) is 5.31. The molecule has 0 heterocycles. The number of aldehydes is 1. The normalized spacial score (nSPS) is 11.3. The molecule has 1 rings (SSSR count). The van der Waals surface area contributed by atoms with Gasteiger partial charge in [-0.25, -0.2) is 0 Å². The Kier molecular flexibility index (Phi) is 3.74. The second-order valence-corrected chi connectivity index (χ2v) is 5.31. The van der Waals surface area contributed by atoms with Crippen LogP contribution in [0.4, 0.5) is 5.69 Å². The van der Waals surface area contributed by atoms with Crippen LogP contribution in [0.25, 0.3) is 0 Å². The van der Waals surface area contributed by atoms with E-state index in [1.807, 2.05) is 20.9 Å². The first-order valence-electron chi connectivity index (χ1n) is 5.60. The maximum Gasteiger partial charge on any atom is 0.127 e. The third-order valence-corrected chi connectivity index (χ3v) is 2.61. The first-order valence-corrected chi connectivity index (χ1v) is 5.60. The van der Waals surface area contributed by atoms with E-state index in [9.17, 15) is 4.79 Å². The predicted molar refractivity (Wildman–Crippen MR) is 69.0 cm³/mol. The van der Waals surface area contributed by atoms with Gasteiger partial charge in [-0.1, -0.05) is 19.9 Å². The van der Waals surface area contributed by atoms with E-state index in [1.165, 1.54) is 16.8 Å². The van der Waals surface area contributed by atoms with Crippen LogP contribution in [-0.2, 0) is 4.79 Å². The smallest absolute Gasteiger partial charge is 0.127 e. The van der Waals surface area contributed by atoms with Crippen LogP contribution in [0.1, 0.15) is 25.0 Å². The Hall–Kier alpha value is -1.31. The highest BCUT2D eigenvalue weighted by Gasteiger charge is 2.19. The Labute approximate surface area is 98.3 Å². The minimum atomic E-state index is -0.299. The Bertz CT molecular complexity index is 362. The summed E-state index contributed by atoms with van der Waals surface area (Å²) in [6.07, 6.45) is 1.02. The van der Waals surface area contributed by atoms with Gasteiger partial charge < -0.3 is 9.69 Å². The van der Waals surface area contributed by atoms with Gasteiger partial charge in [-0.05, 0) is 37.1 Å². The quantitative estimate of drug-likeness (QED) is 0.726. The molecule has 0 aromatic heterocycles. The highest BCUT2D eigenvalue weighted by atomic mass is 16.1. The number of rotatable bonds is 4. The van der Waals surface area contributed by atoms with Gasteiger partial charge in [0.1, 0.15) is 6.29 Å². The van der Waals surface area contributed by atoms with Gasteiger partial charge in [-0.2, -0.15) is 0 Å². The lowest BCUT2D eigenvalue weighted by atomic mass is 9.95. The Balaban J connectivity index is 2.88. The molecule has 0 fully saturated rings. The van der Waals surface area contributed by atoms with Crippen LogP contribution in [0, 0.1) is 19.3 Å². The highest BCUT2D eigenvalue weighted by Crippen LogP contribution is 2.21. The number of nitrogens with zero attached hydrogens (tertiary/aromatic N) is 1. The molecule has 1 aromatic carbocycles. The van der Waals surface area contributed by atoms with Gasteiger partial charge in [0, 0.05) is 24.7 Å². The van der Waals surface area contributed by atoms with Crippen molar-refractivity contribution in [2.45, 2.75) is 27.7 Å². The maximum atomic E-state index is 10.9. The van der Waals surface area contributed by atoms with E-state index in [2.05, 4.69) is 36.9 Å². The lowest BCUT2D eigenvalue weighted by Crippen LogP contribution is -2.32. The fourth-order valence-electron chi connectivity index (χ4n) is 1.91. The van der Waals surface area contributed by atoms with E-state index in [0.717, 1.165) is 12.8 Å². The molecular formula is C14H21NO. The SMILES string of the molecule is Cc1cc(C)cc(N(C)CC(C)(C)C=O)c1. The molecule has 0 amide bonds. The average Bonchev–Trinajstić information content (AvgIpc) is 2.15.